The molecule has 2 rings (SSSR count). The third kappa shape index (κ3) is 2.90. The maximum atomic E-state index is 13.7. The predicted molar refractivity (Wildman–Crippen MR) is 65.6 cm³/mol. The van der Waals surface area contributed by atoms with Gasteiger partial charge in [0.2, 0.25) is 0 Å². The van der Waals surface area contributed by atoms with E-state index in [0.29, 0.717) is 5.56 Å². The third-order valence-corrected chi connectivity index (χ3v) is 3.19. The average Bonchev–Trinajstić information content (AvgIpc) is 2.29. The SMILES string of the molecule is Cc1ccc(F)c([C@H]2NC(=O)OCC2(F)F)c1Cl.Cl. The fourth-order valence-electron chi connectivity index (χ4n) is 1.74. The zero-order valence-corrected chi connectivity index (χ0v) is 11.2. The van der Waals surface area contributed by atoms with E-state index in [4.69, 9.17) is 11.6 Å². The standard InChI is InChI=1S/C11H9ClF3NO2.ClH/c1-5-2-3-6(13)7(8(5)12)9-11(14,15)4-18-10(17)16-9;/h2-3,9H,4H2,1H3,(H,16,17);1H/t9-;/m1./s1. The molecule has 1 saturated heterocycles. The number of ether oxygens (including phenoxy) is 1. The molecule has 1 aromatic rings. The van der Waals surface area contributed by atoms with Gasteiger partial charge >= 0.3 is 12.0 Å². The summed E-state index contributed by atoms with van der Waals surface area (Å²) >= 11 is 5.84. The van der Waals surface area contributed by atoms with Crippen LogP contribution in [0.3, 0.4) is 0 Å². The Bertz CT molecular complexity index is 511. The molecule has 0 bridgehead atoms. The van der Waals surface area contributed by atoms with E-state index in [2.05, 4.69) is 4.74 Å². The van der Waals surface area contributed by atoms with Crippen LogP contribution >= 0.6 is 24.0 Å². The molecule has 1 atom stereocenters. The van der Waals surface area contributed by atoms with Crippen LogP contribution in [0.15, 0.2) is 12.1 Å². The number of amides is 1. The van der Waals surface area contributed by atoms with Gasteiger partial charge in [0, 0.05) is 5.56 Å². The van der Waals surface area contributed by atoms with Gasteiger partial charge in [0.05, 0.1) is 5.02 Å². The highest BCUT2D eigenvalue weighted by Crippen LogP contribution is 2.39. The van der Waals surface area contributed by atoms with Crippen molar-refractivity contribution in [3.05, 3.63) is 34.1 Å². The number of carbonyl (C=O) groups excluding carboxylic acids is 1. The van der Waals surface area contributed by atoms with Crippen LogP contribution in [0, 0.1) is 12.7 Å². The molecule has 1 aromatic carbocycles. The van der Waals surface area contributed by atoms with E-state index in [-0.39, 0.29) is 17.4 Å². The van der Waals surface area contributed by atoms with Crippen LogP contribution in [0.1, 0.15) is 17.2 Å². The molecule has 1 N–H and O–H groups in total. The number of aryl methyl sites for hydroxylation is 1. The van der Waals surface area contributed by atoms with E-state index >= 15 is 0 Å². The normalized spacial score (nSPS) is 21.1. The minimum atomic E-state index is -3.42. The molecule has 0 spiro atoms. The molecule has 0 aromatic heterocycles. The lowest BCUT2D eigenvalue weighted by molar-refractivity contribution is -0.104. The summed E-state index contributed by atoms with van der Waals surface area (Å²) in [6.07, 6.45) is -1.03. The van der Waals surface area contributed by atoms with Crippen molar-refractivity contribution in [1.29, 1.82) is 0 Å². The van der Waals surface area contributed by atoms with Gasteiger partial charge in [-0.25, -0.2) is 18.0 Å². The summed E-state index contributed by atoms with van der Waals surface area (Å²) in [5.74, 6) is -4.32. The van der Waals surface area contributed by atoms with E-state index in [1.54, 1.807) is 6.92 Å². The van der Waals surface area contributed by atoms with E-state index in [9.17, 15) is 18.0 Å². The Balaban J connectivity index is 0.00000180. The van der Waals surface area contributed by atoms with Gasteiger partial charge in [-0.05, 0) is 18.6 Å². The number of hydrogen-bond donors (Lipinski definition) is 1. The zero-order valence-electron chi connectivity index (χ0n) is 9.68. The lowest BCUT2D eigenvalue weighted by Crippen LogP contribution is -2.50. The van der Waals surface area contributed by atoms with Gasteiger partial charge in [-0.15, -0.1) is 12.4 Å². The molecule has 1 heterocycles. The Morgan fingerprint density at radius 3 is 2.74 bits per heavy atom. The minimum Gasteiger partial charge on any atom is -0.443 e. The minimum absolute atomic E-state index is 0. The number of nitrogens with one attached hydrogen (secondary N) is 1. The molecular weight excluding hydrogens is 306 g/mol. The number of rotatable bonds is 1. The van der Waals surface area contributed by atoms with E-state index in [1.807, 2.05) is 5.32 Å². The highest BCUT2D eigenvalue weighted by Gasteiger charge is 2.48. The van der Waals surface area contributed by atoms with Gasteiger partial charge in [0.1, 0.15) is 11.9 Å². The lowest BCUT2D eigenvalue weighted by Gasteiger charge is -2.32. The maximum absolute atomic E-state index is 13.7. The van der Waals surface area contributed by atoms with Crippen LogP contribution in [0.4, 0.5) is 18.0 Å². The molecule has 1 aliphatic rings. The molecule has 1 fully saturated rings. The summed E-state index contributed by atoms with van der Waals surface area (Å²) in [7, 11) is 0. The van der Waals surface area contributed by atoms with Gasteiger partial charge in [-0.2, -0.15) is 0 Å². The van der Waals surface area contributed by atoms with Crippen molar-refractivity contribution >= 4 is 30.1 Å². The Morgan fingerprint density at radius 1 is 1.47 bits per heavy atom. The molecule has 106 valence electrons. The molecule has 8 heteroatoms. The zero-order chi connectivity index (χ0) is 13.5. The first-order chi connectivity index (χ1) is 8.33. The Kier molecular flexibility index (Phi) is 4.58. The first kappa shape index (κ1) is 15.9. The summed E-state index contributed by atoms with van der Waals surface area (Å²) < 4.78 is 45.2. The molecule has 0 radical (unpaired) electrons. The Hall–Kier alpha value is -1.14. The molecular formula is C11H10Cl2F3NO2. The summed E-state index contributed by atoms with van der Waals surface area (Å²) in [4.78, 5) is 11.0. The highest BCUT2D eigenvalue weighted by molar-refractivity contribution is 6.32. The van der Waals surface area contributed by atoms with Crippen LogP contribution < -0.4 is 5.32 Å². The van der Waals surface area contributed by atoms with Gasteiger partial charge < -0.3 is 10.1 Å². The van der Waals surface area contributed by atoms with Crippen LogP contribution in [-0.4, -0.2) is 18.6 Å². The van der Waals surface area contributed by atoms with Crippen molar-refractivity contribution in [2.45, 2.75) is 18.9 Å². The van der Waals surface area contributed by atoms with Crippen molar-refractivity contribution < 1.29 is 22.7 Å². The first-order valence-electron chi connectivity index (χ1n) is 5.08. The van der Waals surface area contributed by atoms with Gasteiger partial charge in [-0.3, -0.25) is 0 Å². The molecule has 1 amide bonds. The van der Waals surface area contributed by atoms with Crippen molar-refractivity contribution in [2.75, 3.05) is 6.61 Å². The van der Waals surface area contributed by atoms with Gasteiger partial charge in [0.15, 0.2) is 6.61 Å². The van der Waals surface area contributed by atoms with E-state index in [1.165, 1.54) is 6.07 Å². The van der Waals surface area contributed by atoms with Crippen molar-refractivity contribution in [2.24, 2.45) is 0 Å². The fraction of sp³-hybridized carbons (Fsp3) is 0.364. The van der Waals surface area contributed by atoms with Crippen molar-refractivity contribution in [1.82, 2.24) is 5.32 Å². The molecule has 3 nitrogen and oxygen atoms in total. The second-order valence-corrected chi connectivity index (χ2v) is 4.38. The number of benzene rings is 1. The maximum Gasteiger partial charge on any atom is 0.408 e. The van der Waals surface area contributed by atoms with Crippen LogP contribution in [-0.2, 0) is 4.74 Å². The number of carbonyl (C=O) groups is 1. The second kappa shape index (κ2) is 5.46. The number of cyclic esters (lactones) is 1. The monoisotopic (exact) mass is 315 g/mol. The van der Waals surface area contributed by atoms with Gasteiger partial charge in [0.25, 0.3) is 0 Å². The van der Waals surface area contributed by atoms with Gasteiger partial charge in [-0.1, -0.05) is 17.7 Å². The van der Waals surface area contributed by atoms with Crippen LogP contribution in [0.2, 0.25) is 5.02 Å². The third-order valence-electron chi connectivity index (χ3n) is 2.69. The van der Waals surface area contributed by atoms with E-state index in [0.717, 1.165) is 6.07 Å². The van der Waals surface area contributed by atoms with Crippen LogP contribution in [0.5, 0.6) is 0 Å². The number of alkyl carbamates (subject to hydrolysis) is 1. The first-order valence-corrected chi connectivity index (χ1v) is 5.46. The number of alkyl halides is 2. The topological polar surface area (TPSA) is 38.3 Å². The predicted octanol–water partition coefficient (Wildman–Crippen LogP) is 3.63. The summed E-state index contributed by atoms with van der Waals surface area (Å²) in [5.41, 5.74) is 0.0305. The number of hydrogen-bond acceptors (Lipinski definition) is 2. The molecule has 1 aliphatic heterocycles. The molecule has 0 aliphatic carbocycles. The number of halogens is 5. The smallest absolute Gasteiger partial charge is 0.408 e. The van der Waals surface area contributed by atoms with E-state index < -0.39 is 36.0 Å². The quantitative estimate of drug-likeness (QED) is 0.859. The Labute approximate surface area is 118 Å². The molecule has 19 heavy (non-hydrogen) atoms. The molecule has 0 unspecified atom stereocenters. The summed E-state index contributed by atoms with van der Waals surface area (Å²) in [5, 5.41) is 1.77. The average molecular weight is 316 g/mol. The lowest BCUT2D eigenvalue weighted by atomic mass is 9.97. The van der Waals surface area contributed by atoms with Crippen molar-refractivity contribution in [3.8, 4) is 0 Å². The van der Waals surface area contributed by atoms with Crippen molar-refractivity contribution in [3.63, 3.8) is 0 Å². The summed E-state index contributed by atoms with van der Waals surface area (Å²) in [6.45, 7) is 0.456. The summed E-state index contributed by atoms with van der Waals surface area (Å²) in [6, 6.07) is 0.584. The fourth-order valence-corrected chi connectivity index (χ4v) is 2.00. The largest absolute Gasteiger partial charge is 0.443 e. The highest BCUT2D eigenvalue weighted by atomic mass is 35.5. The molecule has 0 saturated carbocycles. The second-order valence-electron chi connectivity index (χ2n) is 4.01. The Morgan fingerprint density at radius 2 is 2.11 bits per heavy atom. The van der Waals surface area contributed by atoms with Crippen LogP contribution in [0.25, 0.3) is 0 Å².